The molecule has 0 aromatic heterocycles. The van der Waals surface area contributed by atoms with E-state index < -0.39 is 0 Å². The van der Waals surface area contributed by atoms with Crippen molar-refractivity contribution >= 4 is 29.9 Å². The fourth-order valence-corrected chi connectivity index (χ4v) is 1.91. The van der Waals surface area contributed by atoms with Crippen molar-refractivity contribution in [3.8, 4) is 5.75 Å². The number of rotatable bonds is 7. The van der Waals surface area contributed by atoms with Crippen molar-refractivity contribution in [2.45, 2.75) is 32.8 Å². The normalized spacial score (nSPS) is 15.7. The van der Waals surface area contributed by atoms with Gasteiger partial charge in [-0.15, -0.1) is 24.0 Å². The van der Waals surface area contributed by atoms with Crippen molar-refractivity contribution < 1.29 is 9.13 Å². The Morgan fingerprint density at radius 1 is 1.32 bits per heavy atom. The molecule has 1 fully saturated rings. The van der Waals surface area contributed by atoms with Crippen molar-refractivity contribution in [2.75, 3.05) is 19.6 Å². The van der Waals surface area contributed by atoms with Gasteiger partial charge in [-0.05, 0) is 56.9 Å². The van der Waals surface area contributed by atoms with Gasteiger partial charge in [-0.2, -0.15) is 0 Å². The maximum Gasteiger partial charge on any atom is 0.191 e. The number of hydrogen-bond acceptors (Lipinski definition) is 2. The van der Waals surface area contributed by atoms with Gasteiger partial charge in [0.2, 0.25) is 0 Å². The van der Waals surface area contributed by atoms with E-state index in [4.69, 9.17) is 4.74 Å². The lowest BCUT2D eigenvalue weighted by molar-refractivity contribution is 0.230. The largest absolute Gasteiger partial charge is 0.489 e. The van der Waals surface area contributed by atoms with E-state index >= 15 is 0 Å². The van der Waals surface area contributed by atoms with Crippen LogP contribution in [-0.2, 0) is 0 Å². The standard InChI is InChI=1S/C16H24FN3O.HI/c1-3-18-16(20-11-13-4-5-13)19-10-12(2)21-15-8-6-14(17)7-9-15;/h6-9,12-13H,3-5,10-11H2,1-2H3,(H2,18,19,20);1H. The summed E-state index contributed by atoms with van der Waals surface area (Å²) in [5, 5.41) is 6.57. The highest BCUT2D eigenvalue weighted by Crippen LogP contribution is 2.27. The summed E-state index contributed by atoms with van der Waals surface area (Å²) in [7, 11) is 0. The van der Waals surface area contributed by atoms with Gasteiger partial charge in [0.1, 0.15) is 17.7 Å². The first-order valence-corrected chi connectivity index (χ1v) is 7.61. The molecule has 0 spiro atoms. The first-order chi connectivity index (χ1) is 10.2. The Bertz CT molecular complexity index is 463. The average Bonchev–Trinajstić information content (AvgIpc) is 3.29. The molecule has 0 heterocycles. The minimum absolute atomic E-state index is 0. The van der Waals surface area contributed by atoms with Crippen molar-refractivity contribution in [1.29, 1.82) is 0 Å². The van der Waals surface area contributed by atoms with Crippen LogP contribution < -0.4 is 15.4 Å². The zero-order valence-corrected chi connectivity index (χ0v) is 15.5. The van der Waals surface area contributed by atoms with E-state index in [1.165, 1.54) is 25.0 Å². The summed E-state index contributed by atoms with van der Waals surface area (Å²) in [5.74, 6) is 2.04. The van der Waals surface area contributed by atoms with E-state index in [0.29, 0.717) is 12.3 Å². The van der Waals surface area contributed by atoms with Crippen LogP contribution >= 0.6 is 24.0 Å². The lowest BCUT2D eigenvalue weighted by atomic mass is 10.3. The second-order valence-corrected chi connectivity index (χ2v) is 5.43. The molecule has 124 valence electrons. The summed E-state index contributed by atoms with van der Waals surface area (Å²) >= 11 is 0. The van der Waals surface area contributed by atoms with Gasteiger partial charge >= 0.3 is 0 Å². The summed E-state index contributed by atoms with van der Waals surface area (Å²) in [6.45, 7) is 6.38. The molecule has 1 aromatic rings. The Morgan fingerprint density at radius 2 is 2.00 bits per heavy atom. The molecule has 2 N–H and O–H groups in total. The molecule has 1 aromatic carbocycles. The number of halogens is 2. The van der Waals surface area contributed by atoms with Crippen LogP contribution in [0.4, 0.5) is 4.39 Å². The lowest BCUT2D eigenvalue weighted by Crippen LogP contribution is -2.39. The van der Waals surface area contributed by atoms with Crippen LogP contribution in [0.2, 0.25) is 0 Å². The molecular weight excluding hydrogens is 396 g/mol. The van der Waals surface area contributed by atoms with Gasteiger partial charge in [-0.3, -0.25) is 0 Å². The smallest absolute Gasteiger partial charge is 0.191 e. The second-order valence-electron chi connectivity index (χ2n) is 5.43. The predicted molar refractivity (Wildman–Crippen MR) is 98.6 cm³/mol. The third-order valence-electron chi connectivity index (χ3n) is 3.26. The van der Waals surface area contributed by atoms with Crippen LogP contribution in [-0.4, -0.2) is 31.7 Å². The molecule has 1 unspecified atom stereocenters. The molecule has 1 saturated carbocycles. The molecule has 0 saturated heterocycles. The van der Waals surface area contributed by atoms with Crippen molar-refractivity contribution in [1.82, 2.24) is 10.6 Å². The fraction of sp³-hybridized carbons (Fsp3) is 0.562. The Morgan fingerprint density at radius 3 is 2.59 bits per heavy atom. The zero-order valence-electron chi connectivity index (χ0n) is 13.1. The fourth-order valence-electron chi connectivity index (χ4n) is 1.91. The van der Waals surface area contributed by atoms with E-state index in [0.717, 1.165) is 25.0 Å². The molecule has 2 rings (SSSR count). The third-order valence-corrected chi connectivity index (χ3v) is 3.26. The van der Waals surface area contributed by atoms with Gasteiger partial charge in [-0.1, -0.05) is 0 Å². The Balaban J connectivity index is 0.00000242. The van der Waals surface area contributed by atoms with Crippen molar-refractivity contribution in [3.05, 3.63) is 30.1 Å². The lowest BCUT2D eigenvalue weighted by Gasteiger charge is -2.15. The topological polar surface area (TPSA) is 45.7 Å². The molecule has 0 bridgehead atoms. The number of guanidine groups is 1. The van der Waals surface area contributed by atoms with E-state index in [1.807, 2.05) is 13.8 Å². The molecule has 6 heteroatoms. The summed E-state index contributed by atoms with van der Waals surface area (Å²) in [6.07, 6.45) is 2.57. The van der Waals surface area contributed by atoms with E-state index in [-0.39, 0.29) is 35.9 Å². The number of hydrogen-bond donors (Lipinski definition) is 2. The maximum absolute atomic E-state index is 12.8. The summed E-state index contributed by atoms with van der Waals surface area (Å²) in [4.78, 5) is 4.52. The zero-order chi connectivity index (χ0) is 15.1. The number of benzene rings is 1. The van der Waals surface area contributed by atoms with Gasteiger partial charge in [0.05, 0.1) is 6.54 Å². The molecule has 1 atom stereocenters. The van der Waals surface area contributed by atoms with E-state index in [9.17, 15) is 4.39 Å². The highest BCUT2D eigenvalue weighted by molar-refractivity contribution is 14.0. The number of nitrogens with zero attached hydrogens (tertiary/aromatic N) is 1. The van der Waals surface area contributed by atoms with Gasteiger partial charge < -0.3 is 15.4 Å². The van der Waals surface area contributed by atoms with E-state index in [1.54, 1.807) is 12.1 Å². The van der Waals surface area contributed by atoms with Gasteiger partial charge in [0.15, 0.2) is 5.96 Å². The quantitative estimate of drug-likeness (QED) is 0.404. The van der Waals surface area contributed by atoms with Gasteiger partial charge in [0, 0.05) is 13.1 Å². The SMILES string of the molecule is CCNC(=NCC(C)Oc1ccc(F)cc1)NCC1CC1.I. The minimum Gasteiger partial charge on any atom is -0.489 e. The maximum atomic E-state index is 12.8. The monoisotopic (exact) mass is 421 g/mol. The number of aliphatic imine (C=N–C) groups is 1. The van der Waals surface area contributed by atoms with Crippen LogP contribution in [0.5, 0.6) is 5.75 Å². The number of ether oxygens (including phenoxy) is 1. The minimum atomic E-state index is -0.258. The van der Waals surface area contributed by atoms with Crippen molar-refractivity contribution in [3.63, 3.8) is 0 Å². The van der Waals surface area contributed by atoms with Crippen LogP contribution in [0.25, 0.3) is 0 Å². The Labute approximate surface area is 148 Å². The molecule has 22 heavy (non-hydrogen) atoms. The highest BCUT2D eigenvalue weighted by Gasteiger charge is 2.21. The van der Waals surface area contributed by atoms with Crippen LogP contribution in [0.3, 0.4) is 0 Å². The van der Waals surface area contributed by atoms with Gasteiger partial charge in [-0.25, -0.2) is 9.38 Å². The molecule has 1 aliphatic carbocycles. The number of nitrogens with one attached hydrogen (secondary N) is 2. The van der Waals surface area contributed by atoms with Crippen LogP contribution in [0, 0.1) is 11.7 Å². The average molecular weight is 421 g/mol. The molecule has 1 aliphatic rings. The van der Waals surface area contributed by atoms with Gasteiger partial charge in [0.25, 0.3) is 0 Å². The molecule has 0 radical (unpaired) electrons. The molecule has 4 nitrogen and oxygen atoms in total. The Kier molecular flexibility index (Phi) is 8.52. The van der Waals surface area contributed by atoms with Crippen LogP contribution in [0.1, 0.15) is 26.7 Å². The highest BCUT2D eigenvalue weighted by atomic mass is 127. The third kappa shape index (κ3) is 7.29. The molecule has 0 aliphatic heterocycles. The van der Waals surface area contributed by atoms with Crippen molar-refractivity contribution in [2.24, 2.45) is 10.9 Å². The van der Waals surface area contributed by atoms with E-state index in [2.05, 4.69) is 15.6 Å². The van der Waals surface area contributed by atoms with Crippen LogP contribution in [0.15, 0.2) is 29.3 Å². The summed E-state index contributed by atoms with van der Waals surface area (Å²) < 4.78 is 18.5. The molecule has 0 amide bonds. The predicted octanol–water partition coefficient (Wildman–Crippen LogP) is 3.18. The summed E-state index contributed by atoms with van der Waals surface area (Å²) in [5.41, 5.74) is 0. The summed E-state index contributed by atoms with van der Waals surface area (Å²) in [6, 6.07) is 6.05. The second kappa shape index (κ2) is 9.86. The first-order valence-electron chi connectivity index (χ1n) is 7.61. The first kappa shape index (κ1) is 19.0. The molecular formula is C16H25FIN3O. The Hall–Kier alpha value is -1.05.